The van der Waals surface area contributed by atoms with Crippen molar-refractivity contribution in [1.82, 2.24) is 4.90 Å². The first-order valence-electron chi connectivity index (χ1n) is 5.91. The average Bonchev–Trinajstić information content (AvgIpc) is 2.24. The topological polar surface area (TPSA) is 3.24 Å². The molecule has 0 atom stereocenters. The SMILES string of the molecule is CC.CC.CCC.CCN(C)CC. The summed E-state index contributed by atoms with van der Waals surface area (Å²) in [5, 5.41) is 0. The van der Waals surface area contributed by atoms with Crippen LogP contribution in [0.4, 0.5) is 0 Å². The molecular formula is C12H33N. The molecule has 86 valence electrons. The maximum Gasteiger partial charge on any atom is -0.00504 e. The van der Waals surface area contributed by atoms with Crippen molar-refractivity contribution in [2.75, 3.05) is 20.1 Å². The second-order valence-corrected chi connectivity index (χ2v) is 2.20. The Labute approximate surface area is 87.5 Å². The van der Waals surface area contributed by atoms with E-state index >= 15 is 0 Å². The highest BCUT2D eigenvalue weighted by Crippen LogP contribution is 1.73. The van der Waals surface area contributed by atoms with Gasteiger partial charge in [0.15, 0.2) is 0 Å². The van der Waals surface area contributed by atoms with Gasteiger partial charge in [-0.1, -0.05) is 61.8 Å². The summed E-state index contributed by atoms with van der Waals surface area (Å²) >= 11 is 0. The Morgan fingerprint density at radius 1 is 0.692 bits per heavy atom. The quantitative estimate of drug-likeness (QED) is 0.624. The molecule has 0 bridgehead atoms. The molecule has 0 radical (unpaired) electrons. The van der Waals surface area contributed by atoms with Crippen molar-refractivity contribution in [3.8, 4) is 0 Å². The molecule has 0 heterocycles. The highest BCUT2D eigenvalue weighted by Gasteiger charge is 1.81. The van der Waals surface area contributed by atoms with Crippen LogP contribution in [-0.4, -0.2) is 25.0 Å². The largest absolute Gasteiger partial charge is 0.307 e. The first kappa shape index (κ1) is 23.1. The van der Waals surface area contributed by atoms with Crippen LogP contribution in [0, 0.1) is 0 Å². The lowest BCUT2D eigenvalue weighted by Crippen LogP contribution is -2.15. The summed E-state index contributed by atoms with van der Waals surface area (Å²) in [5.74, 6) is 0. The third-order valence-electron chi connectivity index (χ3n) is 1.08. The number of hydrogen-bond donors (Lipinski definition) is 0. The van der Waals surface area contributed by atoms with Crippen LogP contribution in [0.1, 0.15) is 61.8 Å². The Kier molecular flexibility index (Phi) is 71.8. The lowest BCUT2D eigenvalue weighted by atomic mass is 10.6. The van der Waals surface area contributed by atoms with Crippen LogP contribution >= 0.6 is 0 Å². The zero-order valence-electron chi connectivity index (χ0n) is 11.6. The predicted octanol–water partition coefficient (Wildman–Crippen LogP) is 4.43. The summed E-state index contributed by atoms with van der Waals surface area (Å²) in [6.07, 6.45) is 1.25. The van der Waals surface area contributed by atoms with Gasteiger partial charge >= 0.3 is 0 Å². The smallest absolute Gasteiger partial charge is 0.00504 e. The molecule has 0 spiro atoms. The van der Waals surface area contributed by atoms with Gasteiger partial charge in [0.05, 0.1) is 0 Å². The molecule has 0 saturated heterocycles. The van der Waals surface area contributed by atoms with Crippen LogP contribution in [-0.2, 0) is 0 Å². The Morgan fingerprint density at radius 3 is 0.846 bits per heavy atom. The van der Waals surface area contributed by atoms with Crippen molar-refractivity contribution >= 4 is 0 Å². The molecule has 0 unspecified atom stereocenters. The molecular weight excluding hydrogens is 158 g/mol. The molecule has 0 rings (SSSR count). The van der Waals surface area contributed by atoms with E-state index in [-0.39, 0.29) is 0 Å². The predicted molar refractivity (Wildman–Crippen MR) is 67.5 cm³/mol. The first-order chi connectivity index (χ1) is 6.22. The lowest BCUT2D eigenvalue weighted by molar-refractivity contribution is 0.373. The van der Waals surface area contributed by atoms with Crippen LogP contribution in [0.3, 0.4) is 0 Å². The van der Waals surface area contributed by atoms with Crippen LogP contribution < -0.4 is 0 Å². The van der Waals surface area contributed by atoms with Gasteiger partial charge in [-0.15, -0.1) is 0 Å². The minimum Gasteiger partial charge on any atom is -0.307 e. The lowest BCUT2D eigenvalue weighted by Gasteiger charge is -2.07. The van der Waals surface area contributed by atoms with Crippen molar-refractivity contribution in [2.45, 2.75) is 61.8 Å². The minimum atomic E-state index is 1.16. The molecule has 0 amide bonds. The fourth-order valence-corrected chi connectivity index (χ4v) is 0.224. The fourth-order valence-electron chi connectivity index (χ4n) is 0.224. The third kappa shape index (κ3) is 75.7. The van der Waals surface area contributed by atoms with Gasteiger partial charge in [0.25, 0.3) is 0 Å². The first-order valence-corrected chi connectivity index (χ1v) is 5.91. The van der Waals surface area contributed by atoms with Crippen molar-refractivity contribution in [3.05, 3.63) is 0 Å². The van der Waals surface area contributed by atoms with Crippen molar-refractivity contribution in [1.29, 1.82) is 0 Å². The van der Waals surface area contributed by atoms with Crippen molar-refractivity contribution < 1.29 is 0 Å². The Hall–Kier alpha value is -0.0400. The summed E-state index contributed by atoms with van der Waals surface area (Å²) < 4.78 is 0. The summed E-state index contributed by atoms with van der Waals surface area (Å²) in [6.45, 7) is 18.9. The van der Waals surface area contributed by atoms with Crippen molar-refractivity contribution in [3.63, 3.8) is 0 Å². The molecule has 0 N–H and O–H groups in total. The van der Waals surface area contributed by atoms with E-state index in [2.05, 4.69) is 39.6 Å². The Morgan fingerprint density at radius 2 is 0.846 bits per heavy atom. The van der Waals surface area contributed by atoms with Gasteiger partial charge in [0.2, 0.25) is 0 Å². The summed E-state index contributed by atoms with van der Waals surface area (Å²) in [7, 11) is 2.11. The van der Waals surface area contributed by atoms with E-state index in [1.165, 1.54) is 6.42 Å². The standard InChI is InChI=1S/C5H13N.C3H8.2C2H6/c1-4-6(3)5-2;1-3-2;2*1-2/h4-5H2,1-3H3;3H2,1-2H3;2*1-2H3. The molecule has 0 aliphatic carbocycles. The van der Waals surface area contributed by atoms with Crippen LogP contribution in [0.15, 0.2) is 0 Å². The summed E-state index contributed by atoms with van der Waals surface area (Å²) in [5.41, 5.74) is 0. The van der Waals surface area contributed by atoms with Crippen molar-refractivity contribution in [2.24, 2.45) is 0 Å². The van der Waals surface area contributed by atoms with E-state index in [0.717, 1.165) is 13.1 Å². The third-order valence-corrected chi connectivity index (χ3v) is 1.08. The highest BCUT2D eigenvalue weighted by molar-refractivity contribution is 4.36. The van der Waals surface area contributed by atoms with Gasteiger partial charge in [-0.3, -0.25) is 0 Å². The van der Waals surface area contributed by atoms with Gasteiger partial charge in [-0.25, -0.2) is 0 Å². The van der Waals surface area contributed by atoms with E-state index in [9.17, 15) is 0 Å². The molecule has 13 heavy (non-hydrogen) atoms. The summed E-state index contributed by atoms with van der Waals surface area (Å²) in [4.78, 5) is 2.25. The van der Waals surface area contributed by atoms with E-state index < -0.39 is 0 Å². The van der Waals surface area contributed by atoms with Gasteiger partial charge in [0, 0.05) is 0 Å². The zero-order chi connectivity index (χ0) is 11.7. The molecule has 0 aromatic heterocycles. The monoisotopic (exact) mass is 191 g/mol. The van der Waals surface area contributed by atoms with Gasteiger partial charge < -0.3 is 4.90 Å². The minimum absolute atomic E-state index is 1.16. The molecule has 1 heteroatoms. The second kappa shape index (κ2) is 40.4. The van der Waals surface area contributed by atoms with Gasteiger partial charge in [0.1, 0.15) is 0 Å². The summed E-state index contributed by atoms with van der Waals surface area (Å²) in [6, 6.07) is 0. The van der Waals surface area contributed by atoms with Gasteiger partial charge in [-0.2, -0.15) is 0 Å². The second-order valence-electron chi connectivity index (χ2n) is 2.20. The number of rotatable bonds is 2. The fraction of sp³-hybridized carbons (Fsp3) is 1.00. The molecule has 0 aliphatic rings. The number of hydrogen-bond acceptors (Lipinski definition) is 1. The Bertz CT molecular complexity index is 32.1. The molecule has 0 aromatic rings. The molecule has 0 aliphatic heterocycles. The van der Waals surface area contributed by atoms with E-state index in [1.807, 2.05) is 27.7 Å². The molecule has 0 fully saturated rings. The molecule has 0 aromatic carbocycles. The Balaban J connectivity index is -0.0000000493. The van der Waals surface area contributed by atoms with Crippen LogP contribution in [0.2, 0.25) is 0 Å². The average molecular weight is 191 g/mol. The maximum atomic E-state index is 2.25. The van der Waals surface area contributed by atoms with E-state index in [1.54, 1.807) is 0 Å². The molecule has 0 saturated carbocycles. The van der Waals surface area contributed by atoms with Crippen LogP contribution in [0.25, 0.3) is 0 Å². The zero-order valence-corrected chi connectivity index (χ0v) is 11.6. The van der Waals surface area contributed by atoms with Gasteiger partial charge in [-0.05, 0) is 20.1 Å². The maximum absolute atomic E-state index is 2.25. The van der Waals surface area contributed by atoms with E-state index in [4.69, 9.17) is 0 Å². The van der Waals surface area contributed by atoms with Crippen LogP contribution in [0.5, 0.6) is 0 Å². The highest BCUT2D eigenvalue weighted by atomic mass is 15.1. The number of nitrogens with zero attached hydrogens (tertiary/aromatic N) is 1. The molecule has 1 nitrogen and oxygen atoms in total. The normalized spacial score (nSPS) is 6.92. The van der Waals surface area contributed by atoms with E-state index in [0.29, 0.717) is 0 Å².